The maximum atomic E-state index is 12.5. The highest BCUT2D eigenvalue weighted by Crippen LogP contribution is 2.24. The Balaban J connectivity index is 1.16. The molecule has 0 bridgehead atoms. The number of hydrogen-bond acceptors (Lipinski definition) is 3. The summed E-state index contributed by atoms with van der Waals surface area (Å²) in [5.41, 5.74) is 2.41. The van der Waals surface area contributed by atoms with Gasteiger partial charge in [0, 0.05) is 48.4 Å². The lowest BCUT2D eigenvalue weighted by Gasteiger charge is -2.16. The van der Waals surface area contributed by atoms with Crippen molar-refractivity contribution in [1.29, 1.82) is 0 Å². The molecule has 0 saturated carbocycles. The summed E-state index contributed by atoms with van der Waals surface area (Å²) in [6, 6.07) is 13.3. The summed E-state index contributed by atoms with van der Waals surface area (Å²) in [5.74, 6) is 0.897. The Kier molecular flexibility index (Phi) is 6.03. The molecule has 0 aliphatic carbocycles. The van der Waals surface area contributed by atoms with E-state index in [2.05, 4.69) is 9.97 Å². The lowest BCUT2D eigenvalue weighted by atomic mass is 9.99. The van der Waals surface area contributed by atoms with Crippen LogP contribution in [0.5, 0.6) is 0 Å². The minimum atomic E-state index is 0.146. The predicted octanol–water partition coefficient (Wildman–Crippen LogP) is 4.86. The summed E-state index contributed by atoms with van der Waals surface area (Å²) in [4.78, 5) is 34.2. The number of nitrogens with one attached hydrogen (secondary N) is 1. The van der Waals surface area contributed by atoms with Crippen molar-refractivity contribution < 1.29 is 9.59 Å². The van der Waals surface area contributed by atoms with Crippen LogP contribution in [0.25, 0.3) is 10.9 Å². The van der Waals surface area contributed by atoms with E-state index in [0.717, 1.165) is 61.7 Å². The lowest BCUT2D eigenvalue weighted by Crippen LogP contribution is -2.28. The Bertz CT molecular complexity index is 947. The molecule has 0 radical (unpaired) electrons. The summed E-state index contributed by atoms with van der Waals surface area (Å²) in [5, 5.41) is 0.978. The van der Waals surface area contributed by atoms with Crippen LogP contribution < -0.4 is 0 Å². The van der Waals surface area contributed by atoms with Crippen molar-refractivity contribution in [3.8, 4) is 0 Å². The Morgan fingerprint density at radius 2 is 1.97 bits per heavy atom. The normalized spacial score (nSPS) is 16.4. The van der Waals surface area contributed by atoms with E-state index in [1.165, 1.54) is 0 Å². The van der Waals surface area contributed by atoms with Gasteiger partial charge in [-0.05, 0) is 49.4 Å². The number of unbranched alkanes of at least 4 members (excludes halogenated alkanes) is 2. The number of pyridine rings is 1. The monoisotopic (exact) mass is 389 g/mol. The van der Waals surface area contributed by atoms with Gasteiger partial charge in [-0.1, -0.05) is 31.0 Å². The molecule has 5 nitrogen and oxygen atoms in total. The van der Waals surface area contributed by atoms with Crippen LogP contribution >= 0.6 is 0 Å². The first-order valence-corrected chi connectivity index (χ1v) is 10.5. The number of fused-ring (bicyclic) bond motifs is 1. The van der Waals surface area contributed by atoms with Gasteiger partial charge in [0.2, 0.25) is 0 Å². The number of aromatic nitrogens is 2. The molecule has 150 valence electrons. The van der Waals surface area contributed by atoms with Gasteiger partial charge < -0.3 is 9.88 Å². The standard InChI is InChI=1S/C24H27N3O2/c28-23(22-15-20-16-25-13-11-21(20)26-22)10-6-1-3-7-18-12-14-27(17-18)24(29)19-8-4-2-5-9-19/h2,4-5,8-9,11,13,15-16,18,26H,1,3,6-7,10,12,14,17H2. The average molecular weight is 389 g/mol. The van der Waals surface area contributed by atoms with Gasteiger partial charge in [0.25, 0.3) is 5.91 Å². The average Bonchev–Trinajstić information content (AvgIpc) is 3.40. The molecule has 1 aliphatic rings. The van der Waals surface area contributed by atoms with Crippen molar-refractivity contribution in [3.63, 3.8) is 0 Å². The molecule has 1 fully saturated rings. The minimum absolute atomic E-state index is 0.146. The van der Waals surface area contributed by atoms with E-state index in [9.17, 15) is 9.59 Å². The third-order valence-electron chi connectivity index (χ3n) is 5.83. The van der Waals surface area contributed by atoms with Crippen LogP contribution in [-0.4, -0.2) is 39.6 Å². The highest BCUT2D eigenvalue weighted by Gasteiger charge is 2.26. The highest BCUT2D eigenvalue weighted by molar-refractivity contribution is 5.99. The van der Waals surface area contributed by atoms with Crippen molar-refractivity contribution in [2.24, 2.45) is 5.92 Å². The largest absolute Gasteiger partial charge is 0.352 e. The molecule has 1 aromatic carbocycles. The minimum Gasteiger partial charge on any atom is -0.352 e. The quantitative estimate of drug-likeness (QED) is 0.442. The van der Waals surface area contributed by atoms with Crippen LogP contribution in [0.4, 0.5) is 0 Å². The van der Waals surface area contributed by atoms with Gasteiger partial charge in [0.1, 0.15) is 0 Å². The molecular weight excluding hydrogens is 362 g/mol. The van der Waals surface area contributed by atoms with Gasteiger partial charge in [0.15, 0.2) is 5.78 Å². The number of carbonyl (C=O) groups excluding carboxylic acids is 2. The van der Waals surface area contributed by atoms with Crippen molar-refractivity contribution >= 4 is 22.6 Å². The zero-order valence-electron chi connectivity index (χ0n) is 16.6. The molecule has 1 unspecified atom stereocenters. The Morgan fingerprint density at radius 3 is 2.79 bits per heavy atom. The first kappa shape index (κ1) is 19.4. The van der Waals surface area contributed by atoms with Gasteiger partial charge in [-0.3, -0.25) is 14.6 Å². The van der Waals surface area contributed by atoms with Gasteiger partial charge in [-0.15, -0.1) is 0 Å². The number of aromatic amines is 1. The second-order valence-corrected chi connectivity index (χ2v) is 7.94. The summed E-state index contributed by atoms with van der Waals surface area (Å²) < 4.78 is 0. The predicted molar refractivity (Wildman–Crippen MR) is 114 cm³/mol. The van der Waals surface area contributed by atoms with Crippen molar-refractivity contribution in [1.82, 2.24) is 14.9 Å². The van der Waals surface area contributed by atoms with E-state index in [1.54, 1.807) is 12.4 Å². The number of ketones is 1. The SMILES string of the molecule is O=C(CCCCCC1CCN(C(=O)c2ccccc2)C1)c1cc2cnccc2[nH]1. The fraction of sp³-hybridized carbons (Fsp3) is 0.375. The molecule has 3 heterocycles. The zero-order chi connectivity index (χ0) is 20.1. The van der Waals surface area contributed by atoms with Crippen LogP contribution in [-0.2, 0) is 0 Å². The number of hydrogen-bond donors (Lipinski definition) is 1. The van der Waals surface area contributed by atoms with E-state index < -0.39 is 0 Å². The second kappa shape index (κ2) is 9.03. The summed E-state index contributed by atoms with van der Waals surface area (Å²) in [6.45, 7) is 1.71. The van der Waals surface area contributed by atoms with E-state index in [4.69, 9.17) is 0 Å². The number of carbonyl (C=O) groups is 2. The van der Waals surface area contributed by atoms with Crippen molar-refractivity contribution in [2.45, 2.75) is 38.5 Å². The molecule has 5 heteroatoms. The van der Waals surface area contributed by atoms with Crippen LogP contribution in [0.15, 0.2) is 54.9 Å². The van der Waals surface area contributed by atoms with Gasteiger partial charge in [0.05, 0.1) is 5.69 Å². The third kappa shape index (κ3) is 4.73. The Labute approximate surface area is 171 Å². The molecule has 1 amide bonds. The number of nitrogens with zero attached hydrogens (tertiary/aromatic N) is 2. The molecule has 1 saturated heterocycles. The number of benzene rings is 1. The number of rotatable bonds is 8. The molecule has 2 aromatic heterocycles. The van der Waals surface area contributed by atoms with Gasteiger partial charge >= 0.3 is 0 Å². The van der Waals surface area contributed by atoms with E-state index in [0.29, 0.717) is 18.0 Å². The fourth-order valence-corrected chi connectivity index (χ4v) is 4.17. The maximum absolute atomic E-state index is 12.5. The molecule has 1 N–H and O–H groups in total. The molecular formula is C24H27N3O2. The molecule has 3 aromatic rings. The van der Waals surface area contributed by atoms with E-state index in [-0.39, 0.29) is 11.7 Å². The molecule has 1 atom stereocenters. The lowest BCUT2D eigenvalue weighted by molar-refractivity contribution is 0.0786. The van der Waals surface area contributed by atoms with Gasteiger partial charge in [-0.2, -0.15) is 0 Å². The number of amides is 1. The van der Waals surface area contributed by atoms with Crippen LogP contribution in [0.1, 0.15) is 59.4 Å². The maximum Gasteiger partial charge on any atom is 0.253 e. The van der Waals surface area contributed by atoms with Crippen LogP contribution in [0, 0.1) is 5.92 Å². The number of Topliss-reactive ketones (excluding diaryl/α,β-unsaturated/α-hetero) is 1. The molecule has 1 aliphatic heterocycles. The third-order valence-corrected chi connectivity index (χ3v) is 5.83. The molecule has 4 rings (SSSR count). The second-order valence-electron chi connectivity index (χ2n) is 7.94. The molecule has 0 spiro atoms. The van der Waals surface area contributed by atoms with Crippen molar-refractivity contribution in [2.75, 3.05) is 13.1 Å². The highest BCUT2D eigenvalue weighted by atomic mass is 16.2. The van der Waals surface area contributed by atoms with Crippen LogP contribution in [0.2, 0.25) is 0 Å². The van der Waals surface area contributed by atoms with Crippen molar-refractivity contribution in [3.05, 3.63) is 66.1 Å². The fourth-order valence-electron chi connectivity index (χ4n) is 4.17. The Morgan fingerprint density at radius 1 is 1.10 bits per heavy atom. The van der Waals surface area contributed by atoms with E-state index in [1.807, 2.05) is 47.4 Å². The summed E-state index contributed by atoms with van der Waals surface area (Å²) in [7, 11) is 0. The number of H-pyrrole nitrogens is 1. The number of likely N-dealkylation sites (tertiary alicyclic amines) is 1. The topological polar surface area (TPSA) is 66.1 Å². The zero-order valence-corrected chi connectivity index (χ0v) is 16.6. The smallest absolute Gasteiger partial charge is 0.253 e. The van der Waals surface area contributed by atoms with Gasteiger partial charge in [-0.25, -0.2) is 0 Å². The first-order valence-electron chi connectivity index (χ1n) is 10.5. The summed E-state index contributed by atoms with van der Waals surface area (Å²) in [6.07, 6.45) is 9.36. The van der Waals surface area contributed by atoms with Crippen LogP contribution in [0.3, 0.4) is 0 Å². The van der Waals surface area contributed by atoms with E-state index >= 15 is 0 Å². The Hall–Kier alpha value is -2.95. The molecule has 29 heavy (non-hydrogen) atoms. The summed E-state index contributed by atoms with van der Waals surface area (Å²) >= 11 is 0. The first-order chi connectivity index (χ1) is 14.2.